The van der Waals surface area contributed by atoms with E-state index in [1.54, 1.807) is 13.8 Å². The van der Waals surface area contributed by atoms with Crippen molar-refractivity contribution in [2.75, 3.05) is 10.5 Å². The zero-order chi connectivity index (χ0) is 15.1. The molecule has 8 heteroatoms. The monoisotopic (exact) mass is 298 g/mol. The van der Waals surface area contributed by atoms with Gasteiger partial charge in [-0.25, -0.2) is 12.8 Å². The lowest BCUT2D eigenvalue weighted by atomic mass is 10.2. The first-order valence-electron chi connectivity index (χ1n) is 5.82. The summed E-state index contributed by atoms with van der Waals surface area (Å²) in [6, 6.07) is 2.46. The van der Waals surface area contributed by atoms with Crippen molar-refractivity contribution in [3.8, 4) is 0 Å². The largest absolute Gasteiger partial charge is 0.399 e. The summed E-state index contributed by atoms with van der Waals surface area (Å²) in [6.45, 7) is 4.91. The number of nitrogen functional groups attached to an aromatic ring is 1. The third kappa shape index (κ3) is 2.46. The predicted octanol–water partition coefficient (Wildman–Crippen LogP) is 1.86. The van der Waals surface area contributed by atoms with E-state index in [4.69, 9.17) is 5.73 Å². The molecule has 0 aliphatic carbocycles. The number of sulfonamides is 1. The molecule has 0 atom stereocenters. The fourth-order valence-corrected chi connectivity index (χ4v) is 2.98. The van der Waals surface area contributed by atoms with Gasteiger partial charge in [0.25, 0.3) is 10.0 Å². The molecule has 20 heavy (non-hydrogen) atoms. The minimum atomic E-state index is -4.09. The Morgan fingerprint density at radius 2 is 1.95 bits per heavy atom. The number of halogens is 1. The summed E-state index contributed by atoms with van der Waals surface area (Å²) in [6.07, 6.45) is 0. The number of nitrogens with two attached hydrogens (primary N) is 1. The number of aryl methyl sites for hydroxylation is 2. The van der Waals surface area contributed by atoms with Crippen LogP contribution in [0.15, 0.2) is 17.0 Å². The van der Waals surface area contributed by atoms with Gasteiger partial charge in [-0.05, 0) is 38.5 Å². The van der Waals surface area contributed by atoms with E-state index in [1.807, 2.05) is 0 Å². The van der Waals surface area contributed by atoms with Gasteiger partial charge in [-0.2, -0.15) is 5.10 Å². The van der Waals surface area contributed by atoms with E-state index < -0.39 is 20.7 Å². The van der Waals surface area contributed by atoms with Crippen LogP contribution in [0.3, 0.4) is 0 Å². The standard InChI is InChI=1S/C12H15FN4O2S/c1-6-4-9(14)5-10(11(6)13)20(18,19)17-12-7(2)8(3)15-16-12/h4-5H,14H2,1-3H3,(H2,15,16,17). The van der Waals surface area contributed by atoms with Gasteiger partial charge < -0.3 is 5.73 Å². The summed E-state index contributed by atoms with van der Waals surface area (Å²) >= 11 is 0. The van der Waals surface area contributed by atoms with Crippen molar-refractivity contribution in [2.24, 2.45) is 0 Å². The highest BCUT2D eigenvalue weighted by Gasteiger charge is 2.23. The maximum atomic E-state index is 14.0. The van der Waals surface area contributed by atoms with Gasteiger partial charge in [0, 0.05) is 16.9 Å². The molecule has 1 aromatic carbocycles. The number of hydrogen-bond donors (Lipinski definition) is 3. The van der Waals surface area contributed by atoms with Crippen molar-refractivity contribution in [1.82, 2.24) is 10.2 Å². The van der Waals surface area contributed by atoms with Crippen LogP contribution in [0.2, 0.25) is 0 Å². The number of rotatable bonds is 3. The highest BCUT2D eigenvalue weighted by atomic mass is 32.2. The van der Waals surface area contributed by atoms with Crippen molar-refractivity contribution in [2.45, 2.75) is 25.7 Å². The van der Waals surface area contributed by atoms with Gasteiger partial charge in [0.2, 0.25) is 0 Å². The minimum absolute atomic E-state index is 0.141. The highest BCUT2D eigenvalue weighted by molar-refractivity contribution is 7.92. The molecule has 1 heterocycles. The number of anilines is 2. The lowest BCUT2D eigenvalue weighted by Crippen LogP contribution is -2.16. The number of H-pyrrole nitrogens is 1. The van der Waals surface area contributed by atoms with E-state index in [1.165, 1.54) is 13.0 Å². The van der Waals surface area contributed by atoms with Gasteiger partial charge in [-0.1, -0.05) is 0 Å². The molecular formula is C12H15FN4O2S. The normalized spacial score (nSPS) is 11.6. The van der Waals surface area contributed by atoms with Crippen molar-refractivity contribution in [3.63, 3.8) is 0 Å². The SMILES string of the molecule is Cc1cc(N)cc(S(=O)(=O)Nc2n[nH]c(C)c2C)c1F. The summed E-state index contributed by atoms with van der Waals surface area (Å²) in [5.41, 5.74) is 7.29. The van der Waals surface area contributed by atoms with E-state index in [9.17, 15) is 12.8 Å². The number of nitrogens with zero attached hydrogens (tertiary/aromatic N) is 1. The number of hydrogen-bond acceptors (Lipinski definition) is 4. The maximum absolute atomic E-state index is 14.0. The Morgan fingerprint density at radius 3 is 2.50 bits per heavy atom. The van der Waals surface area contributed by atoms with Gasteiger partial charge in [-0.15, -0.1) is 0 Å². The topological polar surface area (TPSA) is 101 Å². The average molecular weight is 298 g/mol. The predicted molar refractivity (Wildman–Crippen MR) is 74.4 cm³/mol. The molecule has 0 amide bonds. The Bertz CT molecular complexity index is 768. The Hall–Kier alpha value is -2.09. The lowest BCUT2D eigenvalue weighted by molar-refractivity contribution is 0.565. The van der Waals surface area contributed by atoms with Gasteiger partial charge in [0.1, 0.15) is 10.7 Å². The second-order valence-corrected chi connectivity index (χ2v) is 6.23. The summed E-state index contributed by atoms with van der Waals surface area (Å²) in [4.78, 5) is -0.491. The first-order valence-corrected chi connectivity index (χ1v) is 7.30. The molecule has 1 aromatic heterocycles. The van der Waals surface area contributed by atoms with Gasteiger partial charge in [0.15, 0.2) is 5.82 Å². The molecule has 0 aliphatic heterocycles. The highest BCUT2D eigenvalue weighted by Crippen LogP contribution is 2.24. The second kappa shape index (κ2) is 4.78. The van der Waals surface area contributed by atoms with Crippen molar-refractivity contribution in [1.29, 1.82) is 0 Å². The van der Waals surface area contributed by atoms with E-state index >= 15 is 0 Å². The van der Waals surface area contributed by atoms with E-state index in [-0.39, 0.29) is 17.1 Å². The van der Waals surface area contributed by atoms with Crippen LogP contribution in [0, 0.1) is 26.6 Å². The molecule has 0 saturated carbocycles. The van der Waals surface area contributed by atoms with Gasteiger partial charge in [-0.3, -0.25) is 9.82 Å². The third-order valence-electron chi connectivity index (χ3n) is 3.02. The summed E-state index contributed by atoms with van der Waals surface area (Å²) in [5, 5.41) is 6.48. The molecule has 2 rings (SSSR count). The zero-order valence-electron chi connectivity index (χ0n) is 11.3. The van der Waals surface area contributed by atoms with Gasteiger partial charge in [0.05, 0.1) is 0 Å². The molecule has 0 aliphatic rings. The quantitative estimate of drug-likeness (QED) is 0.753. The van der Waals surface area contributed by atoms with Crippen LogP contribution in [0.1, 0.15) is 16.8 Å². The molecule has 0 bridgehead atoms. The first kappa shape index (κ1) is 14.3. The number of aromatic amines is 1. The van der Waals surface area contributed by atoms with Crippen LogP contribution >= 0.6 is 0 Å². The van der Waals surface area contributed by atoms with E-state index in [0.717, 1.165) is 11.8 Å². The molecule has 0 unspecified atom stereocenters. The fourth-order valence-electron chi connectivity index (χ4n) is 1.73. The molecule has 0 radical (unpaired) electrons. The van der Waals surface area contributed by atoms with E-state index in [2.05, 4.69) is 14.9 Å². The molecular weight excluding hydrogens is 283 g/mol. The molecule has 0 spiro atoms. The zero-order valence-corrected chi connectivity index (χ0v) is 12.1. The molecule has 2 aromatic rings. The molecule has 0 fully saturated rings. The average Bonchev–Trinajstić information content (AvgIpc) is 2.65. The van der Waals surface area contributed by atoms with Crippen LogP contribution in [0.25, 0.3) is 0 Å². The molecule has 6 nitrogen and oxygen atoms in total. The number of aromatic nitrogens is 2. The summed E-state index contributed by atoms with van der Waals surface area (Å²) in [5.74, 6) is -0.682. The Morgan fingerprint density at radius 1 is 1.30 bits per heavy atom. The van der Waals surface area contributed by atoms with Crippen LogP contribution in [-0.4, -0.2) is 18.6 Å². The summed E-state index contributed by atoms with van der Waals surface area (Å²) in [7, 11) is -4.09. The van der Waals surface area contributed by atoms with Crippen LogP contribution in [-0.2, 0) is 10.0 Å². The first-order chi connectivity index (χ1) is 9.22. The number of nitrogens with one attached hydrogen (secondary N) is 2. The molecule has 0 saturated heterocycles. The third-order valence-corrected chi connectivity index (χ3v) is 4.36. The van der Waals surface area contributed by atoms with Crippen LogP contribution in [0.4, 0.5) is 15.9 Å². The smallest absolute Gasteiger partial charge is 0.266 e. The fraction of sp³-hybridized carbons (Fsp3) is 0.250. The van der Waals surface area contributed by atoms with E-state index in [0.29, 0.717) is 5.56 Å². The minimum Gasteiger partial charge on any atom is -0.399 e. The molecule has 108 valence electrons. The Balaban J connectivity index is 2.49. The maximum Gasteiger partial charge on any atom is 0.266 e. The Kier molecular flexibility index (Phi) is 3.43. The van der Waals surface area contributed by atoms with Crippen molar-refractivity contribution >= 4 is 21.5 Å². The van der Waals surface area contributed by atoms with Crippen molar-refractivity contribution in [3.05, 3.63) is 34.8 Å². The molecule has 4 N–H and O–H groups in total. The van der Waals surface area contributed by atoms with Crippen LogP contribution in [0.5, 0.6) is 0 Å². The van der Waals surface area contributed by atoms with Crippen LogP contribution < -0.4 is 10.5 Å². The lowest BCUT2D eigenvalue weighted by Gasteiger charge is -2.10. The number of benzene rings is 1. The Labute approximate surface area is 116 Å². The van der Waals surface area contributed by atoms with Gasteiger partial charge >= 0.3 is 0 Å². The summed E-state index contributed by atoms with van der Waals surface area (Å²) < 4.78 is 40.7. The second-order valence-electron chi connectivity index (χ2n) is 4.58. The van der Waals surface area contributed by atoms with Crippen molar-refractivity contribution < 1.29 is 12.8 Å².